The van der Waals surface area contributed by atoms with Gasteiger partial charge in [0.25, 0.3) is 0 Å². The highest BCUT2D eigenvalue weighted by atomic mass is 32.2. The number of likely N-dealkylation sites (tertiary alicyclic amines) is 1. The molecule has 190 valence electrons. The molecule has 6 nitrogen and oxygen atoms in total. The van der Waals surface area contributed by atoms with Crippen molar-refractivity contribution in [2.45, 2.75) is 44.1 Å². The first-order valence-corrected chi connectivity index (χ1v) is 13.6. The van der Waals surface area contributed by atoms with Crippen molar-refractivity contribution in [3.63, 3.8) is 0 Å². The van der Waals surface area contributed by atoms with Crippen LogP contribution in [0.25, 0.3) is 11.1 Å². The van der Waals surface area contributed by atoms with Crippen molar-refractivity contribution >= 4 is 15.9 Å². The number of sulfone groups is 1. The van der Waals surface area contributed by atoms with Crippen LogP contribution < -0.4 is 4.74 Å². The molecule has 1 saturated carbocycles. The van der Waals surface area contributed by atoms with E-state index in [1.54, 1.807) is 4.90 Å². The van der Waals surface area contributed by atoms with E-state index in [2.05, 4.69) is 0 Å². The zero-order valence-electron chi connectivity index (χ0n) is 20.4. The summed E-state index contributed by atoms with van der Waals surface area (Å²) < 4.78 is 63.7. The Morgan fingerprint density at radius 3 is 2.03 bits per heavy atom. The van der Waals surface area contributed by atoms with Crippen molar-refractivity contribution in [2.24, 2.45) is 17.8 Å². The second-order valence-corrected chi connectivity index (χ2v) is 12.6. The van der Waals surface area contributed by atoms with Crippen LogP contribution in [0.1, 0.15) is 33.6 Å². The largest absolute Gasteiger partial charge is 0.487 e. The zero-order chi connectivity index (χ0) is 25.5. The van der Waals surface area contributed by atoms with Crippen LogP contribution in [0, 0.1) is 29.4 Å². The minimum atomic E-state index is -3.35. The number of nitrogens with zero attached hydrogens (tertiary/aromatic N) is 1. The fourth-order valence-corrected chi connectivity index (χ4v) is 5.63. The Balaban J connectivity index is 1.35. The van der Waals surface area contributed by atoms with Gasteiger partial charge in [-0.2, -0.15) is 0 Å². The van der Waals surface area contributed by atoms with Gasteiger partial charge in [-0.1, -0.05) is 12.1 Å². The summed E-state index contributed by atoms with van der Waals surface area (Å²) in [5.74, 6) is -1.18. The lowest BCUT2D eigenvalue weighted by molar-refractivity contribution is 0.0276. The van der Waals surface area contributed by atoms with E-state index in [0.717, 1.165) is 19.1 Å². The summed E-state index contributed by atoms with van der Waals surface area (Å²) in [6.45, 7) is 6.99. The van der Waals surface area contributed by atoms with Gasteiger partial charge in [-0.05, 0) is 86.8 Å². The number of ether oxygens (including phenoxy) is 2. The molecule has 35 heavy (non-hydrogen) atoms. The Bertz CT molecular complexity index is 1170. The summed E-state index contributed by atoms with van der Waals surface area (Å²) >= 11 is 0. The molecule has 0 bridgehead atoms. The fourth-order valence-electron chi connectivity index (χ4n) is 5.00. The van der Waals surface area contributed by atoms with Crippen LogP contribution >= 0.6 is 0 Å². The third-order valence-electron chi connectivity index (χ3n) is 6.58. The van der Waals surface area contributed by atoms with Gasteiger partial charge in [0.15, 0.2) is 27.2 Å². The molecule has 2 aromatic carbocycles. The smallest absolute Gasteiger partial charge is 0.410 e. The average Bonchev–Trinajstić information content (AvgIpc) is 3.30. The zero-order valence-corrected chi connectivity index (χ0v) is 21.2. The molecule has 2 aromatic rings. The lowest BCUT2D eigenvalue weighted by atomic mass is 10.0. The first-order chi connectivity index (χ1) is 16.3. The molecule has 1 saturated heterocycles. The molecule has 2 atom stereocenters. The summed E-state index contributed by atoms with van der Waals surface area (Å²) in [5.41, 5.74) is 0.263. The maximum absolute atomic E-state index is 14.7. The summed E-state index contributed by atoms with van der Waals surface area (Å²) in [5, 5.41) is 0. The van der Waals surface area contributed by atoms with Gasteiger partial charge in [0.05, 0.1) is 11.5 Å². The van der Waals surface area contributed by atoms with Gasteiger partial charge in [0, 0.05) is 19.3 Å². The Morgan fingerprint density at radius 1 is 1.00 bits per heavy atom. The monoisotopic (exact) mass is 507 g/mol. The molecule has 1 heterocycles. The van der Waals surface area contributed by atoms with Gasteiger partial charge in [-0.3, -0.25) is 0 Å². The third kappa shape index (κ3) is 5.94. The summed E-state index contributed by atoms with van der Waals surface area (Å²) in [4.78, 5) is 14.2. The molecule has 9 heteroatoms. The summed E-state index contributed by atoms with van der Waals surface area (Å²) in [7, 11) is -3.35. The quantitative estimate of drug-likeness (QED) is 0.549. The molecule has 4 rings (SSSR count). The number of benzene rings is 2. The van der Waals surface area contributed by atoms with Crippen LogP contribution in [0.5, 0.6) is 5.75 Å². The van der Waals surface area contributed by atoms with Crippen LogP contribution in [0.15, 0.2) is 41.3 Å². The summed E-state index contributed by atoms with van der Waals surface area (Å²) in [6, 6.07) is 8.23. The molecule has 1 amide bonds. The average molecular weight is 508 g/mol. The Hall–Kier alpha value is -2.68. The number of fused-ring (bicyclic) bond motifs is 1. The predicted octanol–water partition coefficient (Wildman–Crippen LogP) is 5.31. The van der Waals surface area contributed by atoms with Crippen molar-refractivity contribution in [1.29, 1.82) is 0 Å². The second kappa shape index (κ2) is 9.41. The van der Waals surface area contributed by atoms with Gasteiger partial charge >= 0.3 is 6.09 Å². The van der Waals surface area contributed by atoms with E-state index in [-0.39, 0.29) is 23.5 Å². The minimum Gasteiger partial charge on any atom is -0.487 e. The summed E-state index contributed by atoms with van der Waals surface area (Å²) in [6.07, 6.45) is 2.47. The highest BCUT2D eigenvalue weighted by Crippen LogP contribution is 2.42. The van der Waals surface area contributed by atoms with Crippen molar-refractivity contribution in [3.05, 3.63) is 48.0 Å². The van der Waals surface area contributed by atoms with Crippen LogP contribution in [0.4, 0.5) is 13.6 Å². The molecule has 1 aliphatic heterocycles. The maximum atomic E-state index is 14.7. The Kier molecular flexibility index (Phi) is 6.83. The highest BCUT2D eigenvalue weighted by molar-refractivity contribution is 7.90. The molecule has 0 aromatic heterocycles. The van der Waals surface area contributed by atoms with E-state index in [1.165, 1.54) is 36.4 Å². The SMILES string of the molecule is CC(C)(C)OC(=O)N1CC2CC(COc3c(F)cc(-c4ccc(S(C)(=O)=O)cc4)cc3F)CC2C1. The van der Waals surface area contributed by atoms with E-state index in [4.69, 9.17) is 9.47 Å². The number of carbonyl (C=O) groups is 1. The number of carbonyl (C=O) groups excluding carboxylic acids is 1. The lowest BCUT2D eigenvalue weighted by Gasteiger charge is -2.25. The molecule has 2 fully saturated rings. The molecule has 2 aliphatic rings. The van der Waals surface area contributed by atoms with Crippen LogP contribution in [0.2, 0.25) is 0 Å². The number of hydrogen-bond acceptors (Lipinski definition) is 5. The molecular weight excluding hydrogens is 476 g/mol. The molecule has 2 unspecified atom stereocenters. The fraction of sp³-hybridized carbons (Fsp3) is 0.500. The molecule has 0 N–H and O–H groups in total. The van der Waals surface area contributed by atoms with Gasteiger partial charge in [-0.25, -0.2) is 22.0 Å². The number of hydrogen-bond donors (Lipinski definition) is 0. The van der Waals surface area contributed by atoms with Gasteiger partial charge in [0.1, 0.15) is 5.60 Å². The topological polar surface area (TPSA) is 72.9 Å². The van der Waals surface area contributed by atoms with Crippen LogP contribution in [-0.4, -0.2) is 51.0 Å². The van der Waals surface area contributed by atoms with E-state index >= 15 is 0 Å². The van der Waals surface area contributed by atoms with Gasteiger partial charge in [-0.15, -0.1) is 0 Å². The normalized spacial score (nSPS) is 22.2. The number of rotatable bonds is 5. The van der Waals surface area contributed by atoms with Gasteiger partial charge in [0.2, 0.25) is 0 Å². The van der Waals surface area contributed by atoms with E-state index in [9.17, 15) is 22.0 Å². The van der Waals surface area contributed by atoms with Gasteiger partial charge < -0.3 is 14.4 Å². The third-order valence-corrected chi connectivity index (χ3v) is 7.71. The van der Waals surface area contributed by atoms with Crippen molar-refractivity contribution < 1.29 is 31.5 Å². The molecular formula is C26H31F2NO5S. The first kappa shape index (κ1) is 25.4. The van der Waals surface area contributed by atoms with E-state index in [0.29, 0.717) is 36.1 Å². The van der Waals surface area contributed by atoms with Crippen LogP contribution in [0.3, 0.4) is 0 Å². The number of amides is 1. The Labute approximate surface area is 205 Å². The van der Waals surface area contributed by atoms with Crippen molar-refractivity contribution in [3.8, 4) is 16.9 Å². The number of halogens is 2. The highest BCUT2D eigenvalue weighted by Gasteiger charge is 2.43. The standard InChI is InChI=1S/C26H31F2NO5S/c1-26(2,3)34-25(30)29-13-19-9-16(10-20(19)14-29)15-33-24-22(27)11-18(12-23(24)28)17-5-7-21(8-6-17)35(4,31)32/h5-8,11-12,16,19-20H,9-10,13-15H2,1-4H3. The maximum Gasteiger partial charge on any atom is 0.410 e. The van der Waals surface area contributed by atoms with E-state index < -0.39 is 32.8 Å². The molecule has 1 aliphatic carbocycles. The van der Waals surface area contributed by atoms with Crippen molar-refractivity contribution in [2.75, 3.05) is 26.0 Å². The van der Waals surface area contributed by atoms with Crippen molar-refractivity contribution in [1.82, 2.24) is 4.90 Å². The minimum absolute atomic E-state index is 0.137. The molecule has 0 spiro atoms. The lowest BCUT2D eigenvalue weighted by Crippen LogP contribution is -2.36. The predicted molar refractivity (Wildman–Crippen MR) is 128 cm³/mol. The van der Waals surface area contributed by atoms with Crippen LogP contribution in [-0.2, 0) is 14.6 Å². The first-order valence-electron chi connectivity index (χ1n) is 11.7. The molecule has 0 radical (unpaired) electrons. The Morgan fingerprint density at radius 2 is 1.54 bits per heavy atom. The van der Waals surface area contributed by atoms with E-state index in [1.807, 2.05) is 20.8 Å². The second-order valence-electron chi connectivity index (χ2n) is 10.6.